The molecule has 19 heavy (non-hydrogen) atoms. The van der Waals surface area contributed by atoms with Crippen LogP contribution in [0.15, 0.2) is 39.4 Å². The summed E-state index contributed by atoms with van der Waals surface area (Å²) < 4.78 is 6.49. The molecule has 0 amide bonds. The van der Waals surface area contributed by atoms with Crippen molar-refractivity contribution in [3.05, 3.63) is 57.5 Å². The largest absolute Gasteiger partial charge is 0.452 e. The van der Waals surface area contributed by atoms with Gasteiger partial charge in [0.2, 0.25) is 0 Å². The second kappa shape index (κ2) is 6.40. The topological polar surface area (TPSA) is 25.2 Å². The highest BCUT2D eigenvalue weighted by Crippen LogP contribution is 2.27. The lowest BCUT2D eigenvalue weighted by Gasteiger charge is -2.18. The number of hydrogen-bond acceptors (Lipinski definition) is 2. The van der Waals surface area contributed by atoms with Crippen molar-refractivity contribution in [2.45, 2.75) is 33.2 Å². The van der Waals surface area contributed by atoms with Crippen LogP contribution in [0.5, 0.6) is 0 Å². The van der Waals surface area contributed by atoms with Gasteiger partial charge in [-0.05, 0) is 71.6 Å². The summed E-state index contributed by atoms with van der Waals surface area (Å²) in [6, 6.07) is 10.7. The van der Waals surface area contributed by atoms with Crippen molar-refractivity contribution in [1.29, 1.82) is 0 Å². The summed E-state index contributed by atoms with van der Waals surface area (Å²) in [6.45, 7) is 7.42. The number of aryl methyl sites for hydroxylation is 2. The first-order valence-electron chi connectivity index (χ1n) is 6.67. The third-order valence-electron chi connectivity index (χ3n) is 3.34. The summed E-state index contributed by atoms with van der Waals surface area (Å²) in [4.78, 5) is 0. The van der Waals surface area contributed by atoms with Gasteiger partial charge in [0.15, 0.2) is 4.67 Å². The van der Waals surface area contributed by atoms with E-state index >= 15 is 0 Å². The van der Waals surface area contributed by atoms with Gasteiger partial charge in [-0.3, -0.25) is 0 Å². The van der Waals surface area contributed by atoms with Gasteiger partial charge in [0, 0.05) is 0 Å². The minimum absolute atomic E-state index is 0.116. The van der Waals surface area contributed by atoms with Crippen molar-refractivity contribution in [2.24, 2.45) is 0 Å². The number of rotatable bonds is 5. The summed E-state index contributed by atoms with van der Waals surface area (Å²) in [7, 11) is 0. The molecule has 0 aliphatic heterocycles. The number of nitrogens with one attached hydrogen (secondary N) is 1. The molecule has 0 bridgehead atoms. The Kier molecular flexibility index (Phi) is 4.83. The maximum atomic E-state index is 5.72. The van der Waals surface area contributed by atoms with E-state index in [9.17, 15) is 0 Å². The van der Waals surface area contributed by atoms with E-state index in [1.54, 1.807) is 0 Å². The molecule has 102 valence electrons. The maximum Gasteiger partial charge on any atom is 0.169 e. The lowest BCUT2D eigenvalue weighted by molar-refractivity contribution is 0.433. The molecule has 0 saturated heterocycles. The molecule has 2 nitrogen and oxygen atoms in total. The normalized spacial score (nSPS) is 12.6. The van der Waals surface area contributed by atoms with Gasteiger partial charge in [-0.15, -0.1) is 0 Å². The van der Waals surface area contributed by atoms with E-state index in [4.69, 9.17) is 4.42 Å². The maximum absolute atomic E-state index is 5.72. The summed E-state index contributed by atoms with van der Waals surface area (Å²) in [5, 5.41) is 3.55. The highest BCUT2D eigenvalue weighted by atomic mass is 79.9. The summed E-state index contributed by atoms with van der Waals surface area (Å²) in [5.41, 5.74) is 3.88. The fraction of sp³-hybridized carbons (Fsp3) is 0.375. The molecule has 2 aromatic rings. The van der Waals surface area contributed by atoms with E-state index in [1.165, 1.54) is 16.7 Å². The molecule has 1 aromatic carbocycles. The zero-order valence-electron chi connectivity index (χ0n) is 11.7. The lowest BCUT2D eigenvalue weighted by Crippen LogP contribution is -2.22. The van der Waals surface area contributed by atoms with E-state index in [2.05, 4.69) is 60.2 Å². The van der Waals surface area contributed by atoms with Crippen LogP contribution in [0.1, 0.15) is 41.8 Å². The van der Waals surface area contributed by atoms with Crippen LogP contribution in [0, 0.1) is 13.8 Å². The first kappa shape index (κ1) is 14.4. The van der Waals surface area contributed by atoms with Gasteiger partial charge in [-0.25, -0.2) is 0 Å². The summed E-state index contributed by atoms with van der Waals surface area (Å²) >= 11 is 3.37. The van der Waals surface area contributed by atoms with Gasteiger partial charge < -0.3 is 9.73 Å². The van der Waals surface area contributed by atoms with Crippen molar-refractivity contribution in [3.63, 3.8) is 0 Å². The predicted octanol–water partition coefficient (Wildman–Crippen LogP) is 4.75. The fourth-order valence-electron chi connectivity index (χ4n) is 2.10. The second-order valence-electron chi connectivity index (χ2n) is 4.87. The zero-order valence-corrected chi connectivity index (χ0v) is 13.3. The predicted molar refractivity (Wildman–Crippen MR) is 82.5 cm³/mol. The molecule has 0 aliphatic rings. The van der Waals surface area contributed by atoms with E-state index in [1.807, 2.05) is 12.1 Å². The average molecular weight is 322 g/mol. The molecule has 1 heterocycles. The summed E-state index contributed by atoms with van der Waals surface area (Å²) in [6.07, 6.45) is 1.10. The van der Waals surface area contributed by atoms with Crippen LogP contribution in [-0.2, 0) is 0 Å². The molecule has 0 spiro atoms. The molecule has 2 rings (SSSR count). The quantitative estimate of drug-likeness (QED) is 0.859. The minimum atomic E-state index is 0.116. The van der Waals surface area contributed by atoms with E-state index in [0.29, 0.717) is 0 Å². The van der Waals surface area contributed by atoms with Crippen molar-refractivity contribution >= 4 is 15.9 Å². The van der Waals surface area contributed by atoms with Crippen molar-refractivity contribution in [2.75, 3.05) is 6.54 Å². The number of halogens is 1. The monoisotopic (exact) mass is 321 g/mol. The minimum Gasteiger partial charge on any atom is -0.452 e. The van der Waals surface area contributed by atoms with Crippen LogP contribution in [0.2, 0.25) is 0 Å². The van der Waals surface area contributed by atoms with Gasteiger partial charge in [0.1, 0.15) is 5.76 Å². The lowest BCUT2D eigenvalue weighted by atomic mass is 9.99. The average Bonchev–Trinajstić information content (AvgIpc) is 2.80. The molecule has 1 aromatic heterocycles. The molecule has 0 saturated carbocycles. The Morgan fingerprint density at radius 1 is 1.16 bits per heavy atom. The van der Waals surface area contributed by atoms with Gasteiger partial charge in [-0.2, -0.15) is 0 Å². The number of furan rings is 1. The molecule has 0 aliphatic carbocycles. The molecule has 0 radical (unpaired) electrons. The van der Waals surface area contributed by atoms with E-state index in [0.717, 1.165) is 23.4 Å². The van der Waals surface area contributed by atoms with Gasteiger partial charge in [0.05, 0.1) is 6.04 Å². The Morgan fingerprint density at radius 2 is 1.95 bits per heavy atom. The van der Waals surface area contributed by atoms with Gasteiger partial charge in [-0.1, -0.05) is 25.1 Å². The smallest absolute Gasteiger partial charge is 0.169 e. The van der Waals surface area contributed by atoms with Crippen LogP contribution in [-0.4, -0.2) is 6.54 Å². The first-order chi connectivity index (χ1) is 9.11. The Hall–Kier alpha value is -1.06. The fourth-order valence-corrected chi connectivity index (χ4v) is 2.42. The molecule has 1 atom stereocenters. The molecular formula is C16H20BrNO. The Labute approximate surface area is 123 Å². The van der Waals surface area contributed by atoms with E-state index in [-0.39, 0.29) is 6.04 Å². The van der Waals surface area contributed by atoms with Crippen LogP contribution in [0.3, 0.4) is 0 Å². The Morgan fingerprint density at radius 3 is 2.53 bits per heavy atom. The molecule has 1 unspecified atom stereocenters. The molecular weight excluding hydrogens is 302 g/mol. The highest BCUT2D eigenvalue weighted by Gasteiger charge is 2.17. The first-order valence-corrected chi connectivity index (χ1v) is 7.47. The third kappa shape index (κ3) is 3.48. The van der Waals surface area contributed by atoms with Gasteiger partial charge in [0.25, 0.3) is 0 Å². The van der Waals surface area contributed by atoms with Crippen LogP contribution in [0.25, 0.3) is 0 Å². The van der Waals surface area contributed by atoms with Crippen LogP contribution >= 0.6 is 15.9 Å². The van der Waals surface area contributed by atoms with Crippen LogP contribution in [0.4, 0.5) is 0 Å². The standard InChI is InChI=1S/C16H20BrNO/c1-4-9-18-16(14-7-8-15(17)19-14)13-6-5-11(2)12(3)10-13/h5-8,10,16,18H,4,9H2,1-3H3. The molecule has 1 N–H and O–H groups in total. The number of benzene rings is 1. The zero-order chi connectivity index (χ0) is 13.8. The van der Waals surface area contributed by atoms with Crippen molar-refractivity contribution in [3.8, 4) is 0 Å². The Balaban J connectivity index is 2.33. The molecule has 3 heteroatoms. The van der Waals surface area contributed by atoms with Gasteiger partial charge >= 0.3 is 0 Å². The third-order valence-corrected chi connectivity index (χ3v) is 3.77. The SMILES string of the molecule is CCCNC(c1ccc(C)c(C)c1)c1ccc(Br)o1. The summed E-state index contributed by atoms with van der Waals surface area (Å²) in [5.74, 6) is 0.948. The van der Waals surface area contributed by atoms with Crippen LogP contribution < -0.4 is 5.32 Å². The van der Waals surface area contributed by atoms with E-state index < -0.39 is 0 Å². The Bertz CT molecular complexity index is 547. The highest BCUT2D eigenvalue weighted by molar-refractivity contribution is 9.10. The molecule has 0 fully saturated rings. The second-order valence-corrected chi connectivity index (χ2v) is 5.65. The number of hydrogen-bond donors (Lipinski definition) is 1. The van der Waals surface area contributed by atoms with Crippen molar-refractivity contribution < 1.29 is 4.42 Å². The van der Waals surface area contributed by atoms with Crippen molar-refractivity contribution in [1.82, 2.24) is 5.32 Å².